The average Bonchev–Trinajstić information content (AvgIpc) is 3.08. The summed E-state index contributed by atoms with van der Waals surface area (Å²) in [6, 6.07) is 12.8. The van der Waals surface area contributed by atoms with Crippen LogP contribution >= 0.6 is 0 Å². The van der Waals surface area contributed by atoms with E-state index in [-0.39, 0.29) is 23.0 Å². The van der Waals surface area contributed by atoms with Crippen LogP contribution in [0.4, 0.5) is 0 Å². The molecule has 3 aromatic rings. The highest BCUT2D eigenvalue weighted by Crippen LogP contribution is 2.26. The largest absolute Gasteiger partial charge is 0.508 e. The number of phenolic OH excluding ortho intramolecular Hbond substituents is 2. The molecule has 24 heavy (non-hydrogen) atoms. The number of nitrogens with zero attached hydrogens (tertiary/aromatic N) is 2. The quantitative estimate of drug-likeness (QED) is 0.560. The third-order valence-corrected chi connectivity index (χ3v) is 3.29. The van der Waals surface area contributed by atoms with Crippen molar-refractivity contribution in [1.29, 1.82) is 0 Å². The van der Waals surface area contributed by atoms with E-state index in [0.717, 1.165) is 11.6 Å². The summed E-state index contributed by atoms with van der Waals surface area (Å²) >= 11 is 0. The van der Waals surface area contributed by atoms with Gasteiger partial charge in [0.15, 0.2) is 6.10 Å². The minimum absolute atomic E-state index is 0.127. The number of aromatic hydroxyl groups is 2. The van der Waals surface area contributed by atoms with E-state index in [1.807, 2.05) is 30.3 Å². The second-order valence-corrected chi connectivity index (χ2v) is 5.06. The Balaban J connectivity index is 1.75. The molecule has 0 aliphatic carbocycles. The zero-order valence-electron chi connectivity index (χ0n) is 12.7. The standard InChI is InChI=1S/C17H14N2O5/c1-10(23-17(22)13-9-12(20)7-8-14(13)21)15-18-19-16(24-15)11-5-3-2-4-6-11/h2-10,20-21H,1H3/t10-/m0/s1. The predicted octanol–water partition coefficient (Wildman–Crippen LogP) is 3.07. The first kappa shape index (κ1) is 15.5. The molecule has 1 atom stereocenters. The predicted molar refractivity (Wildman–Crippen MR) is 83.3 cm³/mol. The minimum atomic E-state index is -0.816. The van der Waals surface area contributed by atoms with Gasteiger partial charge in [0.25, 0.3) is 5.89 Å². The highest BCUT2D eigenvalue weighted by molar-refractivity contribution is 5.92. The number of carbonyl (C=O) groups excluding carboxylic acids is 1. The summed E-state index contributed by atoms with van der Waals surface area (Å²) in [5, 5.41) is 26.9. The number of hydrogen-bond acceptors (Lipinski definition) is 7. The Morgan fingerprint density at radius 1 is 1.12 bits per heavy atom. The molecule has 0 spiro atoms. The Kier molecular flexibility index (Phi) is 4.15. The first-order valence-electron chi connectivity index (χ1n) is 7.16. The molecule has 0 bridgehead atoms. The van der Waals surface area contributed by atoms with Crippen LogP contribution in [0.25, 0.3) is 11.5 Å². The number of rotatable bonds is 4. The molecule has 0 saturated heterocycles. The molecule has 7 nitrogen and oxygen atoms in total. The third-order valence-electron chi connectivity index (χ3n) is 3.29. The molecule has 2 N–H and O–H groups in total. The smallest absolute Gasteiger partial charge is 0.342 e. The maximum absolute atomic E-state index is 12.1. The fraction of sp³-hybridized carbons (Fsp3) is 0.118. The Morgan fingerprint density at radius 2 is 1.88 bits per heavy atom. The molecule has 0 aliphatic rings. The molecule has 0 unspecified atom stereocenters. The second kappa shape index (κ2) is 6.41. The Bertz CT molecular complexity index is 860. The van der Waals surface area contributed by atoms with Crippen molar-refractivity contribution in [3.8, 4) is 23.0 Å². The Morgan fingerprint density at radius 3 is 2.62 bits per heavy atom. The molecule has 0 amide bonds. The number of phenols is 2. The highest BCUT2D eigenvalue weighted by atomic mass is 16.6. The van der Waals surface area contributed by atoms with E-state index < -0.39 is 12.1 Å². The lowest BCUT2D eigenvalue weighted by Crippen LogP contribution is -2.09. The molecule has 7 heteroatoms. The van der Waals surface area contributed by atoms with Crippen molar-refractivity contribution in [1.82, 2.24) is 10.2 Å². The van der Waals surface area contributed by atoms with Crippen LogP contribution in [-0.4, -0.2) is 26.4 Å². The molecule has 0 radical (unpaired) electrons. The zero-order chi connectivity index (χ0) is 17.1. The van der Waals surface area contributed by atoms with Crippen LogP contribution in [0.5, 0.6) is 11.5 Å². The van der Waals surface area contributed by atoms with Crippen molar-refractivity contribution >= 4 is 5.97 Å². The van der Waals surface area contributed by atoms with Crippen LogP contribution in [0.1, 0.15) is 29.3 Å². The van der Waals surface area contributed by atoms with Gasteiger partial charge in [-0.2, -0.15) is 0 Å². The van der Waals surface area contributed by atoms with Gasteiger partial charge in [-0.1, -0.05) is 18.2 Å². The van der Waals surface area contributed by atoms with Crippen molar-refractivity contribution < 1.29 is 24.2 Å². The van der Waals surface area contributed by atoms with Crippen LogP contribution in [-0.2, 0) is 4.74 Å². The third kappa shape index (κ3) is 3.19. The summed E-state index contributed by atoms with van der Waals surface area (Å²) in [6.45, 7) is 1.57. The Labute approximate surface area is 137 Å². The molecule has 0 fully saturated rings. The van der Waals surface area contributed by atoms with E-state index in [0.29, 0.717) is 5.89 Å². The molecular formula is C17H14N2O5. The van der Waals surface area contributed by atoms with Crippen molar-refractivity contribution in [3.63, 3.8) is 0 Å². The average molecular weight is 326 g/mol. The molecule has 0 aliphatic heterocycles. The number of benzene rings is 2. The summed E-state index contributed by atoms with van der Waals surface area (Å²) in [4.78, 5) is 12.1. The number of carbonyl (C=O) groups is 1. The summed E-state index contributed by atoms with van der Waals surface area (Å²) in [6.07, 6.45) is -0.816. The number of aromatic nitrogens is 2. The fourth-order valence-electron chi connectivity index (χ4n) is 2.06. The van der Waals surface area contributed by atoms with Gasteiger partial charge in [-0.25, -0.2) is 4.79 Å². The van der Waals surface area contributed by atoms with Crippen LogP contribution < -0.4 is 0 Å². The molecule has 0 saturated carbocycles. The first-order valence-corrected chi connectivity index (χ1v) is 7.16. The van der Waals surface area contributed by atoms with Crippen molar-refractivity contribution in [2.24, 2.45) is 0 Å². The summed E-state index contributed by atoms with van der Waals surface area (Å²) in [5.74, 6) is -0.817. The topological polar surface area (TPSA) is 106 Å². The van der Waals surface area contributed by atoms with Crippen LogP contribution in [0.15, 0.2) is 52.9 Å². The van der Waals surface area contributed by atoms with Crippen molar-refractivity contribution in [2.45, 2.75) is 13.0 Å². The van der Waals surface area contributed by atoms with E-state index in [1.54, 1.807) is 6.92 Å². The Hall–Kier alpha value is -3.35. The van der Waals surface area contributed by atoms with Gasteiger partial charge in [0.05, 0.1) is 0 Å². The monoisotopic (exact) mass is 326 g/mol. The van der Waals surface area contributed by atoms with E-state index in [9.17, 15) is 15.0 Å². The molecule has 1 heterocycles. The summed E-state index contributed by atoms with van der Waals surface area (Å²) < 4.78 is 10.7. The summed E-state index contributed by atoms with van der Waals surface area (Å²) in [7, 11) is 0. The van der Waals surface area contributed by atoms with Gasteiger partial charge in [-0.05, 0) is 37.3 Å². The number of ether oxygens (including phenoxy) is 1. The van der Waals surface area contributed by atoms with Crippen molar-refractivity contribution in [2.75, 3.05) is 0 Å². The van der Waals surface area contributed by atoms with Crippen LogP contribution in [0.3, 0.4) is 0 Å². The molecule has 122 valence electrons. The maximum Gasteiger partial charge on any atom is 0.342 e. The van der Waals surface area contributed by atoms with Gasteiger partial charge in [0.2, 0.25) is 5.89 Å². The summed E-state index contributed by atoms with van der Waals surface area (Å²) in [5.41, 5.74) is 0.602. The zero-order valence-corrected chi connectivity index (χ0v) is 12.7. The van der Waals surface area contributed by atoms with Crippen LogP contribution in [0, 0.1) is 0 Å². The molecular weight excluding hydrogens is 312 g/mol. The molecule has 3 rings (SSSR count). The van der Waals surface area contributed by atoms with Gasteiger partial charge in [-0.15, -0.1) is 10.2 Å². The first-order chi connectivity index (χ1) is 11.5. The second-order valence-electron chi connectivity index (χ2n) is 5.06. The lowest BCUT2D eigenvalue weighted by atomic mass is 10.2. The minimum Gasteiger partial charge on any atom is -0.508 e. The van der Waals surface area contributed by atoms with Crippen molar-refractivity contribution in [3.05, 3.63) is 60.0 Å². The maximum atomic E-state index is 12.1. The fourth-order valence-corrected chi connectivity index (χ4v) is 2.06. The number of esters is 1. The van der Waals surface area contributed by atoms with Gasteiger partial charge >= 0.3 is 5.97 Å². The lowest BCUT2D eigenvalue weighted by Gasteiger charge is -2.10. The SMILES string of the molecule is C[C@H](OC(=O)c1cc(O)ccc1O)c1nnc(-c2ccccc2)o1. The van der Waals surface area contributed by atoms with Gasteiger partial charge in [0, 0.05) is 5.56 Å². The van der Waals surface area contributed by atoms with Gasteiger partial charge < -0.3 is 19.4 Å². The molecule has 2 aromatic carbocycles. The highest BCUT2D eigenvalue weighted by Gasteiger charge is 2.22. The lowest BCUT2D eigenvalue weighted by molar-refractivity contribution is 0.0276. The number of hydrogen-bond donors (Lipinski definition) is 2. The normalized spacial score (nSPS) is 11.9. The van der Waals surface area contributed by atoms with Gasteiger partial charge in [-0.3, -0.25) is 0 Å². The van der Waals surface area contributed by atoms with E-state index in [4.69, 9.17) is 9.15 Å². The van der Waals surface area contributed by atoms with E-state index >= 15 is 0 Å². The van der Waals surface area contributed by atoms with E-state index in [2.05, 4.69) is 10.2 Å². The van der Waals surface area contributed by atoms with Gasteiger partial charge in [0.1, 0.15) is 17.1 Å². The molecule has 1 aromatic heterocycles. The van der Waals surface area contributed by atoms with Crippen LogP contribution in [0.2, 0.25) is 0 Å². The van der Waals surface area contributed by atoms with E-state index in [1.165, 1.54) is 12.1 Å².